The molecule has 220 valence electrons. The first-order valence-electron chi connectivity index (χ1n) is 13.3. The normalized spacial score (nSPS) is 28.3. The van der Waals surface area contributed by atoms with Crippen LogP contribution >= 0.6 is 0 Å². The van der Waals surface area contributed by atoms with Crippen LogP contribution in [0.25, 0.3) is 0 Å². The summed E-state index contributed by atoms with van der Waals surface area (Å²) >= 11 is 0. The van der Waals surface area contributed by atoms with E-state index in [-0.39, 0.29) is 65.1 Å². The Bertz CT molecular complexity index is 955. The van der Waals surface area contributed by atoms with Crippen LogP contribution in [0.5, 0.6) is 0 Å². The molecule has 1 spiro atoms. The number of hydrogen-bond donors (Lipinski definition) is 1. The predicted octanol–water partition coefficient (Wildman–Crippen LogP) is 1.49. The van der Waals surface area contributed by atoms with Gasteiger partial charge < -0.3 is 20.1 Å². The minimum atomic E-state index is -3.56. The molecule has 3 fully saturated rings. The van der Waals surface area contributed by atoms with Gasteiger partial charge in [-0.05, 0) is 63.2 Å². The van der Waals surface area contributed by atoms with Crippen LogP contribution in [0.3, 0.4) is 0 Å². The molecule has 2 aliphatic carbocycles. The maximum absolute atomic E-state index is 13.2. The van der Waals surface area contributed by atoms with Gasteiger partial charge in [0.05, 0.1) is 35.8 Å². The number of nitrogens with zero attached hydrogens (tertiary/aromatic N) is 1. The fourth-order valence-electron chi connectivity index (χ4n) is 6.81. The molecule has 0 aromatic carbocycles. The Labute approximate surface area is 247 Å². The number of allylic oxidation sites excluding steroid dienone is 2. The quantitative estimate of drug-likeness (QED) is 0.277. The average Bonchev–Trinajstić information content (AvgIpc) is 3.32. The van der Waals surface area contributed by atoms with Crippen LogP contribution in [0.1, 0.15) is 72.6 Å². The first-order valence-corrected chi connectivity index (χ1v) is 14.9. The number of aliphatic carboxylic acids is 1. The summed E-state index contributed by atoms with van der Waals surface area (Å²) in [7, 11) is -0.443. The van der Waals surface area contributed by atoms with E-state index < -0.39 is 27.8 Å². The molecule has 11 heteroatoms. The second-order valence-corrected chi connectivity index (χ2v) is 13.3. The second-order valence-electron chi connectivity index (χ2n) is 11.5. The van der Waals surface area contributed by atoms with Crippen molar-refractivity contribution in [3.05, 3.63) is 25.3 Å². The smallest absolute Gasteiger partial charge is 0.870 e. The Morgan fingerprint density at radius 1 is 1.05 bits per heavy atom. The third-order valence-electron chi connectivity index (χ3n) is 9.44. The van der Waals surface area contributed by atoms with E-state index in [2.05, 4.69) is 27.0 Å². The second kappa shape index (κ2) is 15.2. The summed E-state index contributed by atoms with van der Waals surface area (Å²) < 4.78 is 37.7. The third kappa shape index (κ3) is 7.38. The fraction of sp³-hybridized carbons (Fsp3) is 0.786. The molecular formula is C28H48LiNO8S. The van der Waals surface area contributed by atoms with Gasteiger partial charge in [0, 0.05) is 19.6 Å². The van der Waals surface area contributed by atoms with Gasteiger partial charge >= 0.3 is 24.8 Å². The van der Waals surface area contributed by atoms with Gasteiger partial charge in [-0.25, -0.2) is 12.7 Å². The van der Waals surface area contributed by atoms with Crippen LogP contribution in [0.4, 0.5) is 0 Å². The van der Waals surface area contributed by atoms with Crippen molar-refractivity contribution in [3.8, 4) is 0 Å². The molecule has 7 atom stereocenters. The average molecular weight is 566 g/mol. The first kappa shape index (κ1) is 37.8. The molecule has 3 rings (SSSR count). The number of methoxy groups -OCH3 is 2. The number of rotatable bonds is 12. The number of amides is 1. The number of hydrogen-bond acceptors (Lipinski definition) is 7. The number of ether oxygens (including phenoxy) is 2. The SMILES string of the molecule is C=CCC[C@@H](OC)[C@@H](C)C(=O)N1[C@H]2CC3CCC2(CS1(=O)=O)C3(C)C.C=CCC[C@@H](OC)[C@@H](C)C(=O)O.[Li+].[OH-]. The van der Waals surface area contributed by atoms with Crippen LogP contribution in [0.2, 0.25) is 0 Å². The van der Waals surface area contributed by atoms with E-state index in [0.29, 0.717) is 18.8 Å². The van der Waals surface area contributed by atoms with Crippen LogP contribution in [-0.4, -0.2) is 73.4 Å². The summed E-state index contributed by atoms with van der Waals surface area (Å²) in [5.41, 5.74) is -0.290. The summed E-state index contributed by atoms with van der Waals surface area (Å²) in [5.74, 6) is -1.39. The number of sulfonamides is 1. The summed E-state index contributed by atoms with van der Waals surface area (Å²) in [6, 6.07) is -0.168. The molecule has 2 bridgehead atoms. The molecular weight excluding hydrogens is 517 g/mol. The molecule has 2 unspecified atom stereocenters. The number of carbonyl (C=O) groups excluding carboxylic acids is 1. The number of fused-ring (bicyclic) bond motifs is 1. The van der Waals surface area contributed by atoms with E-state index in [1.165, 1.54) is 11.4 Å². The Balaban J connectivity index is 0.000000888. The Kier molecular flexibility index (Phi) is 14.7. The first-order chi connectivity index (χ1) is 17.2. The molecule has 39 heavy (non-hydrogen) atoms. The maximum atomic E-state index is 13.2. The zero-order valence-corrected chi connectivity index (χ0v) is 25.7. The van der Waals surface area contributed by atoms with Gasteiger partial charge in [-0.3, -0.25) is 9.59 Å². The zero-order chi connectivity index (χ0) is 28.2. The molecule has 1 heterocycles. The largest absolute Gasteiger partial charge is 1.00 e. The van der Waals surface area contributed by atoms with Crippen LogP contribution in [-0.2, 0) is 29.1 Å². The van der Waals surface area contributed by atoms with Gasteiger partial charge in [0.2, 0.25) is 15.9 Å². The number of carboxylic acid groups (broad SMARTS) is 1. The Morgan fingerprint density at radius 2 is 1.54 bits per heavy atom. The van der Waals surface area contributed by atoms with Crippen molar-refractivity contribution in [1.82, 2.24) is 4.31 Å². The molecule has 1 amide bonds. The van der Waals surface area contributed by atoms with Crippen molar-refractivity contribution in [1.29, 1.82) is 0 Å². The van der Waals surface area contributed by atoms with Crippen molar-refractivity contribution in [3.63, 3.8) is 0 Å². The molecule has 0 aromatic heterocycles. The molecule has 9 nitrogen and oxygen atoms in total. The summed E-state index contributed by atoms with van der Waals surface area (Å²) in [6.45, 7) is 15.1. The molecule has 0 aromatic rings. The topological polar surface area (TPSA) is 140 Å². The Morgan fingerprint density at radius 3 is 1.95 bits per heavy atom. The van der Waals surface area contributed by atoms with Crippen molar-refractivity contribution in [2.24, 2.45) is 28.6 Å². The maximum Gasteiger partial charge on any atom is 1.00 e. The molecule has 0 radical (unpaired) electrons. The molecule has 2 N–H and O–H groups in total. The van der Waals surface area contributed by atoms with E-state index in [1.54, 1.807) is 33.1 Å². The van der Waals surface area contributed by atoms with Crippen LogP contribution in [0.15, 0.2) is 25.3 Å². The van der Waals surface area contributed by atoms with E-state index in [1.807, 2.05) is 0 Å². The number of carbonyl (C=O) groups is 2. The van der Waals surface area contributed by atoms with E-state index >= 15 is 0 Å². The Hall–Kier alpha value is -1.15. The van der Waals surface area contributed by atoms with Gasteiger partial charge in [-0.1, -0.05) is 32.9 Å². The molecule has 1 aliphatic heterocycles. The monoisotopic (exact) mass is 565 g/mol. The van der Waals surface area contributed by atoms with Crippen LogP contribution < -0.4 is 18.9 Å². The van der Waals surface area contributed by atoms with Gasteiger partial charge in [0.15, 0.2) is 0 Å². The standard InChI is InChI=1S/C19H31NO4S.C9H16O3.Li.H2O/c1-6-7-8-15(24-5)13(2)17(21)20-16-11-14-9-10-19(16,18(14,3)4)12-25(20,22)23;1-4-5-6-8(12-3)7(2)9(10)11;;/h6,13-16H,1,7-12H2,2-5H3;4,7-8H,1,5-6H2,2-3H3,(H,10,11);;1H2/q;;+1;/p-1/t13-,14?,15-,16+,19?;7-,8-;;/m11../s1. The third-order valence-corrected chi connectivity index (χ3v) is 11.4. The van der Waals surface area contributed by atoms with Crippen LogP contribution in [0, 0.1) is 28.6 Å². The van der Waals surface area contributed by atoms with E-state index in [0.717, 1.165) is 32.1 Å². The van der Waals surface area contributed by atoms with E-state index in [9.17, 15) is 18.0 Å². The predicted molar refractivity (Wildman–Crippen MR) is 146 cm³/mol. The minimum Gasteiger partial charge on any atom is -0.870 e. The zero-order valence-electron chi connectivity index (χ0n) is 24.9. The van der Waals surface area contributed by atoms with Crippen molar-refractivity contribution < 1.29 is 56.9 Å². The summed E-state index contributed by atoms with van der Waals surface area (Å²) in [5, 5.41) is 8.68. The van der Waals surface area contributed by atoms with Gasteiger partial charge in [0.25, 0.3) is 0 Å². The van der Waals surface area contributed by atoms with Gasteiger partial charge in [0.1, 0.15) is 0 Å². The minimum absolute atomic E-state index is 0. The fourth-order valence-corrected chi connectivity index (χ4v) is 9.42. The molecule has 1 saturated heterocycles. The summed E-state index contributed by atoms with van der Waals surface area (Å²) in [4.78, 5) is 23.7. The number of carboxylic acids is 1. The summed E-state index contributed by atoms with van der Waals surface area (Å²) in [6.07, 6.45) is 8.79. The molecule has 2 saturated carbocycles. The van der Waals surface area contributed by atoms with E-state index in [4.69, 9.17) is 14.6 Å². The molecule has 3 aliphatic rings. The van der Waals surface area contributed by atoms with Crippen molar-refractivity contribution in [2.45, 2.75) is 90.9 Å². The van der Waals surface area contributed by atoms with Gasteiger partial charge in [-0.15, -0.1) is 13.2 Å². The van der Waals surface area contributed by atoms with Crippen molar-refractivity contribution in [2.75, 3.05) is 20.0 Å². The van der Waals surface area contributed by atoms with Crippen molar-refractivity contribution >= 4 is 21.9 Å². The van der Waals surface area contributed by atoms with Gasteiger partial charge in [-0.2, -0.15) is 0 Å².